The minimum Gasteiger partial charge on any atom is -0.346 e. The van der Waals surface area contributed by atoms with Crippen molar-refractivity contribution in [2.45, 2.75) is 25.0 Å². The highest BCUT2D eigenvalue weighted by molar-refractivity contribution is 7.99. The second-order valence-electron chi connectivity index (χ2n) is 8.26. The Hall–Kier alpha value is -4.15. The SMILES string of the molecule is Cc1ccc(-n2c(SCC(=O)c3cn(CCC#N)c4ccccc34)nc3ccccc3c2=O)cc1. The van der Waals surface area contributed by atoms with Crippen molar-refractivity contribution in [3.63, 3.8) is 0 Å². The molecule has 6 nitrogen and oxygen atoms in total. The van der Waals surface area contributed by atoms with E-state index in [2.05, 4.69) is 6.07 Å². The van der Waals surface area contributed by atoms with Gasteiger partial charge in [0.05, 0.1) is 34.8 Å². The number of benzene rings is 3. The number of para-hydroxylation sites is 2. The fourth-order valence-corrected chi connectivity index (χ4v) is 5.06. The molecule has 3 aromatic carbocycles. The number of fused-ring (bicyclic) bond motifs is 2. The Labute approximate surface area is 206 Å². The predicted octanol–water partition coefficient (Wildman–Crippen LogP) is 5.54. The maximum Gasteiger partial charge on any atom is 0.266 e. The summed E-state index contributed by atoms with van der Waals surface area (Å²) in [5.41, 5.74) is 3.77. The third-order valence-electron chi connectivity index (χ3n) is 5.92. The van der Waals surface area contributed by atoms with Gasteiger partial charge < -0.3 is 4.57 Å². The average Bonchev–Trinajstić information content (AvgIpc) is 3.26. The van der Waals surface area contributed by atoms with Crippen LogP contribution < -0.4 is 5.56 Å². The molecule has 0 aliphatic rings. The van der Waals surface area contributed by atoms with Gasteiger partial charge in [-0.15, -0.1) is 0 Å². The van der Waals surface area contributed by atoms with Crippen LogP contribution in [0, 0.1) is 18.3 Å². The molecule has 0 aliphatic carbocycles. The lowest BCUT2D eigenvalue weighted by molar-refractivity contribution is 0.102. The maximum absolute atomic E-state index is 13.4. The number of ketones is 1. The van der Waals surface area contributed by atoms with Crippen molar-refractivity contribution in [3.05, 3.63) is 100 Å². The zero-order valence-corrected chi connectivity index (χ0v) is 20.0. The van der Waals surface area contributed by atoms with Crippen molar-refractivity contribution in [1.29, 1.82) is 5.26 Å². The summed E-state index contributed by atoms with van der Waals surface area (Å²) in [7, 11) is 0. The molecular formula is C28H22N4O2S. The van der Waals surface area contributed by atoms with E-state index in [-0.39, 0.29) is 17.1 Å². The maximum atomic E-state index is 13.4. The van der Waals surface area contributed by atoms with E-state index in [9.17, 15) is 9.59 Å². The van der Waals surface area contributed by atoms with Gasteiger partial charge in [-0.2, -0.15) is 5.26 Å². The number of carbonyl (C=O) groups excluding carboxylic acids is 1. The van der Waals surface area contributed by atoms with Gasteiger partial charge >= 0.3 is 0 Å². The Balaban J connectivity index is 1.53. The third-order valence-corrected chi connectivity index (χ3v) is 6.86. The number of hydrogen-bond donors (Lipinski definition) is 0. The zero-order chi connectivity index (χ0) is 24.4. The second kappa shape index (κ2) is 9.61. The number of carbonyl (C=O) groups is 1. The van der Waals surface area contributed by atoms with E-state index in [0.717, 1.165) is 16.5 Å². The fourth-order valence-electron chi connectivity index (χ4n) is 4.16. The number of rotatable bonds is 7. The number of nitriles is 1. The molecule has 0 saturated carbocycles. The topological polar surface area (TPSA) is 80.7 Å². The van der Waals surface area contributed by atoms with Crippen LogP contribution in [0.4, 0.5) is 0 Å². The molecule has 2 heterocycles. The van der Waals surface area contributed by atoms with Crippen molar-refractivity contribution < 1.29 is 4.79 Å². The molecule has 5 rings (SSSR count). The molecule has 0 saturated heterocycles. The molecular weight excluding hydrogens is 456 g/mol. The molecule has 0 N–H and O–H groups in total. The Kier molecular flexibility index (Phi) is 6.21. The van der Waals surface area contributed by atoms with Gasteiger partial charge in [-0.1, -0.05) is 59.8 Å². The van der Waals surface area contributed by atoms with Gasteiger partial charge in [0.2, 0.25) is 0 Å². The first-order valence-electron chi connectivity index (χ1n) is 11.3. The first-order valence-corrected chi connectivity index (χ1v) is 12.2. The van der Waals surface area contributed by atoms with Crippen LogP contribution in [0.1, 0.15) is 22.3 Å². The third kappa shape index (κ3) is 4.36. The quantitative estimate of drug-likeness (QED) is 0.174. The molecule has 0 fully saturated rings. The number of hydrogen-bond acceptors (Lipinski definition) is 5. The number of thioether (sulfide) groups is 1. The Bertz CT molecular complexity index is 1660. The molecule has 0 spiro atoms. The second-order valence-corrected chi connectivity index (χ2v) is 9.20. The molecule has 0 bridgehead atoms. The summed E-state index contributed by atoms with van der Waals surface area (Å²) in [6.07, 6.45) is 2.19. The molecule has 172 valence electrons. The van der Waals surface area contributed by atoms with Crippen LogP contribution in [0.2, 0.25) is 0 Å². The highest BCUT2D eigenvalue weighted by Gasteiger charge is 2.18. The first-order chi connectivity index (χ1) is 17.1. The van der Waals surface area contributed by atoms with Crippen molar-refractivity contribution >= 4 is 39.4 Å². The van der Waals surface area contributed by atoms with E-state index >= 15 is 0 Å². The van der Waals surface area contributed by atoms with Crippen LogP contribution in [-0.2, 0) is 6.54 Å². The molecule has 0 aliphatic heterocycles. The first kappa shape index (κ1) is 22.6. The van der Waals surface area contributed by atoms with Crippen LogP contribution in [0.5, 0.6) is 0 Å². The van der Waals surface area contributed by atoms with Crippen LogP contribution in [0.3, 0.4) is 0 Å². The van der Waals surface area contributed by atoms with Crippen molar-refractivity contribution in [3.8, 4) is 11.8 Å². The lowest BCUT2D eigenvalue weighted by atomic mass is 10.1. The highest BCUT2D eigenvalue weighted by atomic mass is 32.2. The normalized spacial score (nSPS) is 11.1. The van der Waals surface area contributed by atoms with Crippen molar-refractivity contribution in [1.82, 2.24) is 14.1 Å². The lowest BCUT2D eigenvalue weighted by Gasteiger charge is -2.13. The molecule has 7 heteroatoms. The minimum absolute atomic E-state index is 0.0558. The highest BCUT2D eigenvalue weighted by Crippen LogP contribution is 2.26. The van der Waals surface area contributed by atoms with E-state index < -0.39 is 0 Å². The van der Waals surface area contributed by atoms with Crippen molar-refractivity contribution in [2.24, 2.45) is 0 Å². The van der Waals surface area contributed by atoms with E-state index in [0.29, 0.717) is 40.3 Å². The van der Waals surface area contributed by atoms with Gasteiger partial charge in [0, 0.05) is 29.2 Å². The lowest BCUT2D eigenvalue weighted by Crippen LogP contribution is -2.22. The smallest absolute Gasteiger partial charge is 0.266 e. The molecule has 35 heavy (non-hydrogen) atoms. The van der Waals surface area contributed by atoms with Crippen LogP contribution in [0.25, 0.3) is 27.5 Å². The predicted molar refractivity (Wildman–Crippen MR) is 139 cm³/mol. The largest absolute Gasteiger partial charge is 0.346 e. The van der Waals surface area contributed by atoms with Crippen LogP contribution in [0.15, 0.2) is 88.9 Å². The van der Waals surface area contributed by atoms with Crippen molar-refractivity contribution in [2.75, 3.05) is 5.75 Å². The molecule has 0 unspecified atom stereocenters. The van der Waals surface area contributed by atoms with E-state index in [1.54, 1.807) is 10.6 Å². The monoisotopic (exact) mass is 478 g/mol. The standard InChI is InChI=1S/C28H22N4O2S/c1-19-11-13-20(14-12-19)32-27(34)22-8-2-4-9-24(22)30-28(32)35-18-26(33)23-17-31(16-6-15-29)25-10-5-3-7-21(23)25/h2-5,7-14,17H,6,16,18H2,1H3. The number of aryl methyl sites for hydroxylation is 2. The van der Waals surface area contributed by atoms with E-state index in [1.165, 1.54) is 11.8 Å². The summed E-state index contributed by atoms with van der Waals surface area (Å²) in [6, 6.07) is 24.8. The van der Waals surface area contributed by atoms with Gasteiger partial charge in [-0.25, -0.2) is 4.98 Å². The summed E-state index contributed by atoms with van der Waals surface area (Å²) in [5.74, 6) is 0.0721. The van der Waals surface area contributed by atoms with Crippen LogP contribution >= 0.6 is 11.8 Å². The van der Waals surface area contributed by atoms with Gasteiger partial charge in [-0.05, 0) is 37.3 Å². The zero-order valence-electron chi connectivity index (χ0n) is 19.1. The minimum atomic E-state index is -0.164. The van der Waals surface area contributed by atoms with Crippen LogP contribution in [-0.4, -0.2) is 25.7 Å². The molecule has 5 aromatic rings. The van der Waals surface area contributed by atoms with Gasteiger partial charge in [0.15, 0.2) is 10.9 Å². The Morgan fingerprint density at radius 3 is 2.49 bits per heavy atom. The molecule has 0 amide bonds. The summed E-state index contributed by atoms with van der Waals surface area (Å²) in [6.45, 7) is 2.52. The van der Waals surface area contributed by atoms with Gasteiger partial charge in [0.1, 0.15) is 0 Å². The van der Waals surface area contributed by atoms with E-state index in [4.69, 9.17) is 10.2 Å². The number of aromatic nitrogens is 3. The fraction of sp³-hybridized carbons (Fsp3) is 0.143. The molecule has 0 atom stereocenters. The average molecular weight is 479 g/mol. The van der Waals surface area contributed by atoms with Gasteiger partial charge in [-0.3, -0.25) is 14.2 Å². The summed E-state index contributed by atoms with van der Waals surface area (Å²) < 4.78 is 3.53. The van der Waals surface area contributed by atoms with Gasteiger partial charge in [0.25, 0.3) is 5.56 Å². The molecule has 2 aromatic heterocycles. The summed E-state index contributed by atoms with van der Waals surface area (Å²) >= 11 is 1.25. The van der Waals surface area contributed by atoms with E-state index in [1.807, 2.05) is 84.4 Å². The molecule has 0 radical (unpaired) electrons. The summed E-state index contributed by atoms with van der Waals surface area (Å²) in [5, 5.41) is 10.9. The Morgan fingerprint density at radius 2 is 1.71 bits per heavy atom. The number of nitrogens with zero attached hydrogens (tertiary/aromatic N) is 4. The Morgan fingerprint density at radius 1 is 1.00 bits per heavy atom. The number of Topliss-reactive ketones (excluding diaryl/α,β-unsaturated/α-hetero) is 1. The summed E-state index contributed by atoms with van der Waals surface area (Å²) in [4.78, 5) is 31.5.